The van der Waals surface area contributed by atoms with E-state index in [0.29, 0.717) is 23.8 Å². The molecule has 4 heteroatoms. The molecule has 0 radical (unpaired) electrons. The smallest absolute Gasteiger partial charge is 0.129 e. The van der Waals surface area contributed by atoms with Crippen LogP contribution in [-0.4, -0.2) is 13.2 Å². The Labute approximate surface area is 86.8 Å². The van der Waals surface area contributed by atoms with Crippen molar-refractivity contribution >= 4 is 11.6 Å². The number of hydrogen-bond donors (Lipinski definition) is 1. The zero-order valence-corrected chi connectivity index (χ0v) is 8.30. The van der Waals surface area contributed by atoms with E-state index in [1.165, 1.54) is 6.07 Å². The Morgan fingerprint density at radius 2 is 2.21 bits per heavy atom. The molecule has 2 N–H and O–H groups in total. The predicted octanol–water partition coefficient (Wildman–Crippen LogP) is 2.13. The normalized spacial score (nSPS) is 19.1. The van der Waals surface area contributed by atoms with Crippen LogP contribution in [0, 0.1) is 11.7 Å². The molecule has 0 aromatic heterocycles. The molecule has 14 heavy (non-hydrogen) atoms. The molecule has 1 saturated heterocycles. The third-order valence-corrected chi connectivity index (χ3v) is 2.73. The number of rotatable bonds is 2. The number of ether oxygens (including phenoxy) is 1. The third-order valence-electron chi connectivity index (χ3n) is 2.49. The van der Waals surface area contributed by atoms with E-state index in [4.69, 9.17) is 22.1 Å². The topological polar surface area (TPSA) is 35.2 Å². The predicted molar refractivity (Wildman–Crippen MR) is 52.6 cm³/mol. The summed E-state index contributed by atoms with van der Waals surface area (Å²) in [6.07, 6.45) is 0. The number of nitrogens with two attached hydrogens (primary N) is 1. The van der Waals surface area contributed by atoms with Gasteiger partial charge in [0.2, 0.25) is 0 Å². The molecule has 0 saturated carbocycles. The molecule has 1 fully saturated rings. The first-order valence-corrected chi connectivity index (χ1v) is 4.84. The summed E-state index contributed by atoms with van der Waals surface area (Å²) in [7, 11) is 0. The molecule has 0 bridgehead atoms. The standard InChI is InChI=1S/C10H11ClFNO/c11-7-1-2-8(9(12)3-7)10(13)6-4-14-5-6/h1-3,6,10H,4-5,13H2/t10-/m1/s1. The van der Waals surface area contributed by atoms with Crippen molar-refractivity contribution in [3.8, 4) is 0 Å². The van der Waals surface area contributed by atoms with Crippen LogP contribution in [0.25, 0.3) is 0 Å². The maximum Gasteiger partial charge on any atom is 0.129 e. The fraction of sp³-hybridized carbons (Fsp3) is 0.400. The largest absolute Gasteiger partial charge is 0.381 e. The van der Waals surface area contributed by atoms with Gasteiger partial charge in [-0.25, -0.2) is 4.39 Å². The minimum absolute atomic E-state index is 0.227. The Morgan fingerprint density at radius 1 is 1.50 bits per heavy atom. The second-order valence-corrected chi connectivity index (χ2v) is 3.93. The lowest BCUT2D eigenvalue weighted by atomic mass is 9.92. The van der Waals surface area contributed by atoms with Gasteiger partial charge in [-0.15, -0.1) is 0 Å². The minimum atomic E-state index is -0.336. The van der Waals surface area contributed by atoms with E-state index in [1.54, 1.807) is 12.1 Å². The fourth-order valence-corrected chi connectivity index (χ4v) is 1.65. The highest BCUT2D eigenvalue weighted by Gasteiger charge is 2.28. The highest BCUT2D eigenvalue weighted by atomic mass is 35.5. The highest BCUT2D eigenvalue weighted by molar-refractivity contribution is 6.30. The molecule has 1 aliphatic rings. The van der Waals surface area contributed by atoms with E-state index in [1.807, 2.05) is 0 Å². The monoisotopic (exact) mass is 215 g/mol. The molecule has 0 spiro atoms. The van der Waals surface area contributed by atoms with E-state index in [0.717, 1.165) is 0 Å². The molecule has 2 rings (SSSR count). The zero-order chi connectivity index (χ0) is 10.1. The van der Waals surface area contributed by atoms with Gasteiger partial charge in [-0.05, 0) is 12.1 Å². The number of benzene rings is 1. The third kappa shape index (κ3) is 1.75. The lowest BCUT2D eigenvalue weighted by Gasteiger charge is -2.31. The summed E-state index contributed by atoms with van der Waals surface area (Å²) in [5, 5.41) is 0.392. The van der Waals surface area contributed by atoms with E-state index in [-0.39, 0.29) is 17.8 Å². The summed E-state index contributed by atoms with van der Waals surface area (Å²) in [5.74, 6) is -0.109. The molecule has 1 heterocycles. The molecule has 0 unspecified atom stereocenters. The Kier molecular flexibility index (Phi) is 2.72. The van der Waals surface area contributed by atoms with Gasteiger partial charge in [0.05, 0.1) is 13.2 Å². The van der Waals surface area contributed by atoms with E-state index < -0.39 is 0 Å². The molecule has 76 valence electrons. The second-order valence-electron chi connectivity index (χ2n) is 3.49. The van der Waals surface area contributed by atoms with Crippen molar-refractivity contribution in [1.29, 1.82) is 0 Å². The van der Waals surface area contributed by atoms with Crippen LogP contribution in [0.15, 0.2) is 18.2 Å². The first-order valence-electron chi connectivity index (χ1n) is 4.47. The molecule has 2 nitrogen and oxygen atoms in total. The first kappa shape index (κ1) is 9.90. The molecule has 0 amide bonds. The lowest BCUT2D eigenvalue weighted by Crippen LogP contribution is -2.37. The number of halogens is 2. The molecular weight excluding hydrogens is 205 g/mol. The molecule has 0 aliphatic carbocycles. The van der Waals surface area contributed by atoms with Crippen molar-refractivity contribution in [3.05, 3.63) is 34.6 Å². The summed E-state index contributed by atoms with van der Waals surface area (Å²) in [5.41, 5.74) is 6.40. The first-order chi connectivity index (χ1) is 6.68. The fourth-order valence-electron chi connectivity index (χ4n) is 1.49. The van der Waals surface area contributed by atoms with Gasteiger partial charge in [0.15, 0.2) is 0 Å². The van der Waals surface area contributed by atoms with Crippen LogP contribution < -0.4 is 5.73 Å². The average Bonchev–Trinajstić information content (AvgIpc) is 2.00. The summed E-state index contributed by atoms with van der Waals surface area (Å²) in [6, 6.07) is 4.29. The Morgan fingerprint density at radius 3 is 2.71 bits per heavy atom. The van der Waals surface area contributed by atoms with Crippen molar-refractivity contribution in [2.75, 3.05) is 13.2 Å². The van der Waals surface area contributed by atoms with Crippen molar-refractivity contribution < 1.29 is 9.13 Å². The van der Waals surface area contributed by atoms with Crippen molar-refractivity contribution in [3.63, 3.8) is 0 Å². The summed E-state index contributed by atoms with van der Waals surface area (Å²) >= 11 is 5.64. The maximum atomic E-state index is 13.4. The van der Waals surface area contributed by atoms with Gasteiger partial charge >= 0.3 is 0 Å². The van der Waals surface area contributed by atoms with Gasteiger partial charge in [0.1, 0.15) is 5.82 Å². The Hall–Kier alpha value is -0.640. The zero-order valence-electron chi connectivity index (χ0n) is 7.54. The molecule has 1 aliphatic heterocycles. The van der Waals surface area contributed by atoms with Gasteiger partial charge in [0.25, 0.3) is 0 Å². The van der Waals surface area contributed by atoms with Gasteiger partial charge in [-0.1, -0.05) is 17.7 Å². The second kappa shape index (κ2) is 3.85. The van der Waals surface area contributed by atoms with Crippen molar-refractivity contribution in [1.82, 2.24) is 0 Å². The molecular formula is C10H11ClFNO. The van der Waals surface area contributed by atoms with Crippen LogP contribution in [0.3, 0.4) is 0 Å². The van der Waals surface area contributed by atoms with Crippen LogP contribution in [-0.2, 0) is 4.74 Å². The van der Waals surface area contributed by atoms with Crippen LogP contribution in [0.2, 0.25) is 5.02 Å². The maximum absolute atomic E-state index is 13.4. The van der Waals surface area contributed by atoms with Crippen LogP contribution >= 0.6 is 11.6 Å². The van der Waals surface area contributed by atoms with Crippen molar-refractivity contribution in [2.24, 2.45) is 11.7 Å². The Balaban J connectivity index is 2.22. The van der Waals surface area contributed by atoms with Crippen LogP contribution in [0.1, 0.15) is 11.6 Å². The van der Waals surface area contributed by atoms with E-state index in [2.05, 4.69) is 0 Å². The summed E-state index contributed by atoms with van der Waals surface area (Å²) < 4.78 is 18.4. The number of hydrogen-bond acceptors (Lipinski definition) is 2. The summed E-state index contributed by atoms with van der Waals surface area (Å²) in [4.78, 5) is 0. The van der Waals surface area contributed by atoms with Gasteiger partial charge < -0.3 is 10.5 Å². The van der Waals surface area contributed by atoms with Crippen LogP contribution in [0.5, 0.6) is 0 Å². The SMILES string of the molecule is N[C@@H](c1ccc(Cl)cc1F)C1COC1. The molecule has 1 aromatic carbocycles. The van der Waals surface area contributed by atoms with Gasteiger partial charge in [-0.3, -0.25) is 0 Å². The Bertz CT molecular complexity index is 341. The average molecular weight is 216 g/mol. The van der Waals surface area contributed by atoms with E-state index >= 15 is 0 Å². The minimum Gasteiger partial charge on any atom is -0.381 e. The highest BCUT2D eigenvalue weighted by Crippen LogP contribution is 2.28. The lowest BCUT2D eigenvalue weighted by molar-refractivity contribution is -0.0446. The van der Waals surface area contributed by atoms with Gasteiger partial charge in [-0.2, -0.15) is 0 Å². The van der Waals surface area contributed by atoms with E-state index in [9.17, 15) is 4.39 Å². The van der Waals surface area contributed by atoms with Gasteiger partial charge in [0, 0.05) is 22.5 Å². The van der Waals surface area contributed by atoms with Crippen molar-refractivity contribution in [2.45, 2.75) is 6.04 Å². The summed E-state index contributed by atoms with van der Waals surface area (Å²) in [6.45, 7) is 1.23. The quantitative estimate of drug-likeness (QED) is 0.820. The van der Waals surface area contributed by atoms with Crippen LogP contribution in [0.4, 0.5) is 4.39 Å². The molecule has 1 aromatic rings. The molecule has 1 atom stereocenters.